The van der Waals surface area contributed by atoms with Gasteiger partial charge in [-0.25, -0.2) is 0 Å². The first-order valence-corrected chi connectivity index (χ1v) is 6.75. The second-order valence-electron chi connectivity index (χ2n) is 5.08. The Bertz CT molecular complexity index is 472. The van der Waals surface area contributed by atoms with Crippen LogP contribution < -0.4 is 5.73 Å². The van der Waals surface area contributed by atoms with E-state index in [0.29, 0.717) is 25.1 Å². The molecule has 0 aliphatic carbocycles. The minimum absolute atomic E-state index is 0.153. The van der Waals surface area contributed by atoms with Crippen LogP contribution >= 0.6 is 0 Å². The molecule has 0 aromatic heterocycles. The lowest BCUT2D eigenvalue weighted by Crippen LogP contribution is -2.32. The fraction of sp³-hybridized carbons (Fsp3) is 0.467. The molecule has 0 spiro atoms. The van der Waals surface area contributed by atoms with E-state index in [0.717, 1.165) is 5.56 Å². The molecule has 3 N–H and O–H groups in total. The quantitative estimate of drug-likeness (QED) is 0.760. The molecule has 0 fully saturated rings. The number of benzene rings is 1. The predicted octanol–water partition coefficient (Wildman–Crippen LogP) is 1.86. The van der Waals surface area contributed by atoms with Crippen molar-refractivity contribution in [1.82, 2.24) is 4.90 Å². The molecule has 1 aromatic rings. The van der Waals surface area contributed by atoms with Gasteiger partial charge in [-0.3, -0.25) is 14.5 Å². The Morgan fingerprint density at radius 3 is 2.50 bits per heavy atom. The number of primary amides is 1. The Labute approximate surface area is 119 Å². The number of nitrogens with zero attached hydrogens (tertiary/aromatic N) is 1. The van der Waals surface area contributed by atoms with Crippen molar-refractivity contribution in [3.8, 4) is 0 Å². The van der Waals surface area contributed by atoms with E-state index in [2.05, 4.69) is 4.90 Å². The predicted molar refractivity (Wildman–Crippen MR) is 77.4 cm³/mol. The first-order chi connectivity index (χ1) is 9.41. The molecule has 0 saturated carbocycles. The van der Waals surface area contributed by atoms with Gasteiger partial charge in [0, 0.05) is 24.6 Å². The maximum Gasteiger partial charge on any atom is 0.303 e. The Balaban J connectivity index is 2.75. The van der Waals surface area contributed by atoms with Crippen molar-refractivity contribution in [3.63, 3.8) is 0 Å². The highest BCUT2D eigenvalue weighted by atomic mass is 16.4. The lowest BCUT2D eigenvalue weighted by atomic mass is 10.1. The standard InChI is InChI=1S/C15H22N2O3/c1-11(2)17(9-5-8-14(18)19)10-12-6-3-4-7-13(12)15(16)20/h3-4,6-7,11H,5,8-10H2,1-2H3,(H2,16,20)(H,18,19). The van der Waals surface area contributed by atoms with Gasteiger partial charge in [0.15, 0.2) is 0 Å². The van der Waals surface area contributed by atoms with E-state index < -0.39 is 11.9 Å². The molecule has 0 aliphatic heterocycles. The average molecular weight is 278 g/mol. The molecule has 0 aliphatic rings. The van der Waals surface area contributed by atoms with Gasteiger partial charge in [-0.1, -0.05) is 18.2 Å². The van der Waals surface area contributed by atoms with Gasteiger partial charge in [-0.05, 0) is 38.4 Å². The summed E-state index contributed by atoms with van der Waals surface area (Å²) < 4.78 is 0. The van der Waals surface area contributed by atoms with Crippen LogP contribution in [0.25, 0.3) is 0 Å². The molecule has 0 atom stereocenters. The van der Waals surface area contributed by atoms with Crippen LogP contribution in [0.4, 0.5) is 0 Å². The molecular weight excluding hydrogens is 256 g/mol. The van der Waals surface area contributed by atoms with Crippen molar-refractivity contribution >= 4 is 11.9 Å². The third-order valence-electron chi connectivity index (χ3n) is 3.22. The van der Waals surface area contributed by atoms with Gasteiger partial charge in [0.05, 0.1) is 0 Å². The lowest BCUT2D eigenvalue weighted by molar-refractivity contribution is -0.137. The van der Waals surface area contributed by atoms with E-state index in [4.69, 9.17) is 10.8 Å². The molecule has 0 saturated heterocycles. The summed E-state index contributed by atoms with van der Waals surface area (Å²) in [5.41, 5.74) is 6.77. The number of rotatable bonds is 8. The van der Waals surface area contributed by atoms with Gasteiger partial charge in [0.25, 0.3) is 0 Å². The lowest BCUT2D eigenvalue weighted by Gasteiger charge is -2.27. The van der Waals surface area contributed by atoms with Crippen LogP contribution in [-0.2, 0) is 11.3 Å². The first-order valence-electron chi connectivity index (χ1n) is 6.75. The second-order valence-corrected chi connectivity index (χ2v) is 5.08. The van der Waals surface area contributed by atoms with Crippen molar-refractivity contribution in [2.75, 3.05) is 6.54 Å². The van der Waals surface area contributed by atoms with Crippen molar-refractivity contribution < 1.29 is 14.7 Å². The SMILES string of the molecule is CC(C)N(CCCC(=O)O)Cc1ccccc1C(N)=O. The van der Waals surface area contributed by atoms with Crippen molar-refractivity contribution in [3.05, 3.63) is 35.4 Å². The van der Waals surface area contributed by atoms with E-state index in [1.54, 1.807) is 12.1 Å². The fourth-order valence-electron chi connectivity index (χ4n) is 2.07. The number of hydrogen-bond acceptors (Lipinski definition) is 3. The van der Waals surface area contributed by atoms with Gasteiger partial charge in [-0.2, -0.15) is 0 Å². The summed E-state index contributed by atoms with van der Waals surface area (Å²) in [6, 6.07) is 7.52. The van der Waals surface area contributed by atoms with Crippen LogP contribution in [0.3, 0.4) is 0 Å². The Morgan fingerprint density at radius 1 is 1.30 bits per heavy atom. The van der Waals surface area contributed by atoms with E-state index in [9.17, 15) is 9.59 Å². The Morgan fingerprint density at radius 2 is 1.95 bits per heavy atom. The monoisotopic (exact) mass is 278 g/mol. The molecule has 1 amide bonds. The molecule has 0 radical (unpaired) electrons. The number of carbonyl (C=O) groups is 2. The van der Waals surface area contributed by atoms with Gasteiger partial charge in [-0.15, -0.1) is 0 Å². The smallest absolute Gasteiger partial charge is 0.303 e. The zero-order chi connectivity index (χ0) is 15.1. The van der Waals surface area contributed by atoms with E-state index in [-0.39, 0.29) is 12.5 Å². The van der Waals surface area contributed by atoms with Gasteiger partial charge in [0.1, 0.15) is 0 Å². The normalized spacial score (nSPS) is 11.0. The minimum Gasteiger partial charge on any atom is -0.481 e. The third-order valence-corrected chi connectivity index (χ3v) is 3.22. The summed E-state index contributed by atoms with van der Waals surface area (Å²) in [7, 11) is 0. The number of carbonyl (C=O) groups excluding carboxylic acids is 1. The molecule has 0 bridgehead atoms. The summed E-state index contributed by atoms with van der Waals surface area (Å²) in [6.45, 7) is 5.37. The summed E-state index contributed by atoms with van der Waals surface area (Å²) in [5.74, 6) is -1.22. The van der Waals surface area contributed by atoms with Crippen LogP contribution in [0.1, 0.15) is 42.6 Å². The molecule has 1 aromatic carbocycles. The number of hydrogen-bond donors (Lipinski definition) is 2. The molecule has 0 unspecified atom stereocenters. The Kier molecular flexibility index (Phi) is 6.18. The number of nitrogens with two attached hydrogens (primary N) is 1. The summed E-state index contributed by atoms with van der Waals surface area (Å²) >= 11 is 0. The maximum absolute atomic E-state index is 11.4. The van der Waals surface area contributed by atoms with Crippen molar-refractivity contribution in [2.24, 2.45) is 5.73 Å². The highest BCUT2D eigenvalue weighted by molar-refractivity contribution is 5.94. The molecule has 20 heavy (non-hydrogen) atoms. The van der Waals surface area contributed by atoms with Gasteiger partial charge < -0.3 is 10.8 Å². The van der Waals surface area contributed by atoms with Crippen LogP contribution in [0.5, 0.6) is 0 Å². The summed E-state index contributed by atoms with van der Waals surface area (Å²) in [4.78, 5) is 24.1. The largest absolute Gasteiger partial charge is 0.481 e. The molecule has 5 nitrogen and oxygen atoms in total. The molecule has 0 heterocycles. The van der Waals surface area contributed by atoms with Crippen LogP contribution in [0, 0.1) is 0 Å². The minimum atomic E-state index is -0.786. The number of aliphatic carboxylic acids is 1. The highest BCUT2D eigenvalue weighted by Crippen LogP contribution is 2.14. The number of amides is 1. The third kappa shape index (κ3) is 5.01. The summed E-state index contributed by atoms with van der Waals surface area (Å²) in [6.07, 6.45) is 0.743. The topological polar surface area (TPSA) is 83.6 Å². The molecule has 5 heteroatoms. The highest BCUT2D eigenvalue weighted by Gasteiger charge is 2.14. The fourth-order valence-corrected chi connectivity index (χ4v) is 2.07. The summed E-state index contributed by atoms with van der Waals surface area (Å²) in [5, 5.41) is 8.69. The zero-order valence-electron chi connectivity index (χ0n) is 12.0. The second kappa shape index (κ2) is 7.65. The van der Waals surface area contributed by atoms with E-state index in [1.807, 2.05) is 26.0 Å². The van der Waals surface area contributed by atoms with E-state index in [1.165, 1.54) is 0 Å². The Hall–Kier alpha value is -1.88. The molecule has 110 valence electrons. The van der Waals surface area contributed by atoms with Gasteiger partial charge >= 0.3 is 5.97 Å². The molecule has 1 rings (SSSR count). The molecular formula is C15H22N2O3. The van der Waals surface area contributed by atoms with Gasteiger partial charge in [0.2, 0.25) is 5.91 Å². The number of carboxylic acid groups (broad SMARTS) is 1. The van der Waals surface area contributed by atoms with E-state index >= 15 is 0 Å². The van der Waals surface area contributed by atoms with Crippen LogP contribution in [0.15, 0.2) is 24.3 Å². The average Bonchev–Trinajstić information content (AvgIpc) is 2.37. The van der Waals surface area contributed by atoms with Crippen LogP contribution in [-0.4, -0.2) is 34.5 Å². The maximum atomic E-state index is 11.4. The number of carboxylic acids is 1. The van der Waals surface area contributed by atoms with Crippen molar-refractivity contribution in [1.29, 1.82) is 0 Å². The van der Waals surface area contributed by atoms with Crippen molar-refractivity contribution in [2.45, 2.75) is 39.3 Å². The first kappa shape index (κ1) is 16.2. The van der Waals surface area contributed by atoms with Crippen LogP contribution in [0.2, 0.25) is 0 Å². The zero-order valence-corrected chi connectivity index (χ0v) is 12.0.